The number of rotatable bonds is 1. The van der Waals surface area contributed by atoms with E-state index in [1.165, 1.54) is 0 Å². The normalized spacial score (nSPS) is 10.1. The van der Waals surface area contributed by atoms with E-state index < -0.39 is 22.5 Å². The van der Waals surface area contributed by atoms with Crippen LogP contribution in [0.1, 0.15) is 10.4 Å². The third-order valence-electron chi connectivity index (χ3n) is 0.982. The summed E-state index contributed by atoms with van der Waals surface area (Å²) in [6.45, 7) is 0. The van der Waals surface area contributed by atoms with E-state index in [-0.39, 0.29) is 15.7 Å². The lowest BCUT2D eigenvalue weighted by Crippen LogP contribution is -1.97. The number of hydrogen-bond donors (Lipinski definition) is 1. The molecule has 0 bridgehead atoms. The topological polar surface area (TPSA) is 37.3 Å². The average molecular weight is 199 g/mol. The summed E-state index contributed by atoms with van der Waals surface area (Å²) in [4.78, 5) is 10.2. The Kier molecular flexibility index (Phi) is 2.10. The minimum atomic E-state index is -1.56. The van der Waals surface area contributed by atoms with Crippen LogP contribution >= 0.6 is 22.9 Å². The summed E-state index contributed by atoms with van der Waals surface area (Å²) >= 11 is 5.47. The van der Waals surface area contributed by atoms with Crippen molar-refractivity contribution in [2.45, 2.75) is 0 Å². The Morgan fingerprint density at radius 2 is 2.09 bits per heavy atom. The molecule has 0 fully saturated rings. The number of carboxylic acid groups (broad SMARTS) is 1. The van der Waals surface area contributed by atoms with Gasteiger partial charge in [-0.15, -0.1) is 0 Å². The smallest absolute Gasteiger partial charge is 0.341 e. The number of halogens is 3. The SMILES string of the molecule is O=C(O)c1c(Cl)sc(F)c1F. The molecule has 0 aliphatic carbocycles. The summed E-state index contributed by atoms with van der Waals surface area (Å²) in [6.07, 6.45) is 0. The van der Waals surface area contributed by atoms with Crippen LogP contribution in [0.25, 0.3) is 0 Å². The number of carbonyl (C=O) groups is 1. The summed E-state index contributed by atoms with van der Waals surface area (Å²) in [5.74, 6) is -2.96. The highest BCUT2D eigenvalue weighted by molar-refractivity contribution is 7.15. The fourth-order valence-electron chi connectivity index (χ4n) is 0.537. The zero-order valence-electron chi connectivity index (χ0n) is 4.90. The van der Waals surface area contributed by atoms with Crippen LogP contribution in [0.3, 0.4) is 0 Å². The van der Waals surface area contributed by atoms with Crippen molar-refractivity contribution in [3.05, 3.63) is 20.8 Å². The van der Waals surface area contributed by atoms with Crippen molar-refractivity contribution in [2.24, 2.45) is 0 Å². The Morgan fingerprint density at radius 3 is 2.27 bits per heavy atom. The van der Waals surface area contributed by atoms with Crippen LogP contribution in [0.4, 0.5) is 8.78 Å². The fourth-order valence-corrected chi connectivity index (χ4v) is 1.53. The van der Waals surface area contributed by atoms with Crippen LogP contribution in [0.15, 0.2) is 0 Å². The van der Waals surface area contributed by atoms with E-state index in [0.717, 1.165) is 0 Å². The van der Waals surface area contributed by atoms with Crippen LogP contribution < -0.4 is 0 Å². The number of hydrogen-bond acceptors (Lipinski definition) is 2. The Labute approximate surface area is 69.0 Å². The Balaban J connectivity index is 3.34. The van der Waals surface area contributed by atoms with Gasteiger partial charge in [0.2, 0.25) is 5.13 Å². The molecule has 1 heterocycles. The summed E-state index contributed by atoms with van der Waals surface area (Å²) < 4.78 is 24.3. The average Bonchev–Trinajstić information content (AvgIpc) is 2.07. The summed E-state index contributed by atoms with van der Waals surface area (Å²) in [5, 5.41) is 7.07. The maximum Gasteiger partial charge on any atom is 0.341 e. The molecule has 0 spiro atoms. The molecule has 0 radical (unpaired) electrons. The first-order valence-corrected chi connectivity index (χ1v) is 3.60. The molecule has 0 saturated heterocycles. The first kappa shape index (κ1) is 8.42. The van der Waals surface area contributed by atoms with Crippen molar-refractivity contribution in [1.29, 1.82) is 0 Å². The minimum Gasteiger partial charge on any atom is -0.478 e. The molecular weight excluding hydrogens is 198 g/mol. The van der Waals surface area contributed by atoms with Crippen LogP contribution in [0.5, 0.6) is 0 Å². The third-order valence-corrected chi connectivity index (χ3v) is 2.14. The molecule has 1 aromatic heterocycles. The molecule has 0 saturated carbocycles. The maximum absolute atomic E-state index is 12.4. The van der Waals surface area contributed by atoms with E-state index in [9.17, 15) is 13.6 Å². The zero-order chi connectivity index (χ0) is 8.59. The van der Waals surface area contributed by atoms with Crippen molar-refractivity contribution < 1.29 is 18.7 Å². The van der Waals surface area contributed by atoms with Gasteiger partial charge in [0.1, 0.15) is 9.90 Å². The predicted molar refractivity (Wildman–Crippen MR) is 36.2 cm³/mol. The van der Waals surface area contributed by atoms with Crippen LogP contribution in [-0.2, 0) is 0 Å². The van der Waals surface area contributed by atoms with Gasteiger partial charge in [-0.1, -0.05) is 22.9 Å². The fraction of sp³-hybridized carbons (Fsp3) is 0. The molecule has 60 valence electrons. The molecule has 0 unspecified atom stereocenters. The Hall–Kier alpha value is -0.680. The predicted octanol–water partition coefficient (Wildman–Crippen LogP) is 2.38. The second-order valence-corrected chi connectivity index (χ2v) is 3.22. The van der Waals surface area contributed by atoms with Crippen molar-refractivity contribution in [2.75, 3.05) is 0 Å². The van der Waals surface area contributed by atoms with Gasteiger partial charge in [-0.2, -0.15) is 4.39 Å². The lowest BCUT2D eigenvalue weighted by Gasteiger charge is -1.87. The molecular formula is C5HClF2O2S. The van der Waals surface area contributed by atoms with Gasteiger partial charge in [-0.3, -0.25) is 0 Å². The van der Waals surface area contributed by atoms with E-state index in [4.69, 9.17) is 16.7 Å². The van der Waals surface area contributed by atoms with E-state index in [2.05, 4.69) is 0 Å². The quantitative estimate of drug-likeness (QED) is 0.752. The van der Waals surface area contributed by atoms with Gasteiger partial charge in [-0.05, 0) is 0 Å². The largest absolute Gasteiger partial charge is 0.478 e. The van der Waals surface area contributed by atoms with Gasteiger partial charge in [0.25, 0.3) is 0 Å². The molecule has 0 aliphatic rings. The summed E-state index contributed by atoms with van der Waals surface area (Å²) in [7, 11) is 0. The van der Waals surface area contributed by atoms with Gasteiger partial charge in [-0.25, -0.2) is 9.18 Å². The monoisotopic (exact) mass is 198 g/mol. The van der Waals surface area contributed by atoms with E-state index in [1.54, 1.807) is 0 Å². The first-order valence-electron chi connectivity index (χ1n) is 2.40. The summed E-state index contributed by atoms with van der Waals surface area (Å²) in [5.41, 5.74) is -0.797. The number of thiophene rings is 1. The molecule has 2 nitrogen and oxygen atoms in total. The summed E-state index contributed by atoms with van der Waals surface area (Å²) in [6, 6.07) is 0. The number of aromatic carboxylic acids is 1. The van der Waals surface area contributed by atoms with Gasteiger partial charge < -0.3 is 5.11 Å². The van der Waals surface area contributed by atoms with Gasteiger partial charge in [0.05, 0.1) is 0 Å². The van der Waals surface area contributed by atoms with Crippen molar-refractivity contribution in [1.82, 2.24) is 0 Å². The molecule has 0 aromatic carbocycles. The lowest BCUT2D eigenvalue weighted by molar-refractivity contribution is 0.0692. The Morgan fingerprint density at radius 1 is 1.55 bits per heavy atom. The van der Waals surface area contributed by atoms with Crippen LogP contribution in [0.2, 0.25) is 4.34 Å². The molecule has 6 heteroatoms. The van der Waals surface area contributed by atoms with Gasteiger partial charge in [0, 0.05) is 0 Å². The third kappa shape index (κ3) is 1.34. The zero-order valence-corrected chi connectivity index (χ0v) is 6.47. The van der Waals surface area contributed by atoms with Crippen molar-refractivity contribution in [3.8, 4) is 0 Å². The van der Waals surface area contributed by atoms with E-state index in [0.29, 0.717) is 0 Å². The standard InChI is InChI=1S/C5HClF2O2S/c6-3-1(5(9)10)2(7)4(8)11-3/h(H,9,10). The lowest BCUT2D eigenvalue weighted by atomic mass is 10.3. The van der Waals surface area contributed by atoms with Gasteiger partial charge >= 0.3 is 5.97 Å². The molecule has 0 aliphatic heterocycles. The minimum absolute atomic E-state index is 0.267. The second-order valence-electron chi connectivity index (χ2n) is 1.64. The van der Waals surface area contributed by atoms with Gasteiger partial charge in [0.15, 0.2) is 5.82 Å². The molecule has 0 amide bonds. The first-order chi connectivity index (χ1) is 5.04. The van der Waals surface area contributed by atoms with Crippen molar-refractivity contribution >= 4 is 28.9 Å². The highest BCUT2D eigenvalue weighted by atomic mass is 35.5. The highest BCUT2D eigenvalue weighted by Crippen LogP contribution is 2.29. The molecule has 1 rings (SSSR count). The highest BCUT2D eigenvalue weighted by Gasteiger charge is 2.22. The Bertz CT molecular complexity index is 310. The van der Waals surface area contributed by atoms with Crippen molar-refractivity contribution in [3.63, 3.8) is 0 Å². The molecule has 11 heavy (non-hydrogen) atoms. The maximum atomic E-state index is 12.4. The van der Waals surface area contributed by atoms with E-state index in [1.807, 2.05) is 0 Å². The van der Waals surface area contributed by atoms with E-state index >= 15 is 0 Å². The molecule has 1 aromatic rings. The number of carboxylic acids is 1. The van der Waals surface area contributed by atoms with Crippen LogP contribution in [-0.4, -0.2) is 11.1 Å². The molecule has 0 atom stereocenters. The molecule has 1 N–H and O–H groups in total. The second kappa shape index (κ2) is 2.75. The van der Waals surface area contributed by atoms with Crippen LogP contribution in [0, 0.1) is 10.9 Å².